The standard InChI is InChI=1S/C11H20N.ClH/c1-4-6-7-11-8-9-12(3,5-2)10-11;/h8-10H,4-7H2,1-3H3;1H/q+1;/p-1. The molecule has 1 aliphatic heterocycles. The summed E-state index contributed by atoms with van der Waals surface area (Å²) in [6.45, 7) is 5.63. The first-order valence-electron chi connectivity index (χ1n) is 4.96. The highest BCUT2D eigenvalue weighted by Crippen LogP contribution is 2.21. The summed E-state index contributed by atoms with van der Waals surface area (Å²) in [6, 6.07) is 0. The van der Waals surface area contributed by atoms with Crippen molar-refractivity contribution in [3.05, 3.63) is 24.0 Å². The second-order valence-corrected chi connectivity index (χ2v) is 3.79. The molecule has 0 aliphatic carbocycles. The smallest absolute Gasteiger partial charge is 0.104 e. The predicted molar refractivity (Wildman–Crippen MR) is 53.5 cm³/mol. The van der Waals surface area contributed by atoms with Gasteiger partial charge in [0.1, 0.15) is 12.4 Å². The van der Waals surface area contributed by atoms with E-state index in [1.54, 1.807) is 0 Å². The highest BCUT2D eigenvalue weighted by Gasteiger charge is 2.18. The minimum absolute atomic E-state index is 0. The molecule has 0 aromatic carbocycles. The molecule has 1 aliphatic rings. The van der Waals surface area contributed by atoms with Crippen LogP contribution in [0, 0.1) is 0 Å². The van der Waals surface area contributed by atoms with E-state index in [1.165, 1.54) is 24.8 Å². The van der Waals surface area contributed by atoms with Gasteiger partial charge < -0.3 is 12.4 Å². The van der Waals surface area contributed by atoms with Gasteiger partial charge >= 0.3 is 0 Å². The summed E-state index contributed by atoms with van der Waals surface area (Å²) >= 11 is 0. The second-order valence-electron chi connectivity index (χ2n) is 3.79. The summed E-state index contributed by atoms with van der Waals surface area (Å²) < 4.78 is 0.985. The summed E-state index contributed by atoms with van der Waals surface area (Å²) in [6.07, 6.45) is 10.8. The van der Waals surface area contributed by atoms with Crippen LogP contribution in [0.4, 0.5) is 0 Å². The third-order valence-corrected chi connectivity index (χ3v) is 2.59. The summed E-state index contributed by atoms with van der Waals surface area (Å²) in [5.74, 6) is 0. The first-order chi connectivity index (χ1) is 5.70. The van der Waals surface area contributed by atoms with E-state index in [0.29, 0.717) is 0 Å². The van der Waals surface area contributed by atoms with Gasteiger partial charge in [-0.3, -0.25) is 4.48 Å². The lowest BCUT2D eigenvalue weighted by Gasteiger charge is -2.20. The molecule has 76 valence electrons. The van der Waals surface area contributed by atoms with Crippen molar-refractivity contribution in [1.29, 1.82) is 0 Å². The number of halogens is 1. The van der Waals surface area contributed by atoms with Crippen LogP contribution in [-0.2, 0) is 0 Å². The average Bonchev–Trinajstić information content (AvgIpc) is 2.45. The lowest BCUT2D eigenvalue weighted by molar-refractivity contribution is -0.802. The molecule has 13 heavy (non-hydrogen) atoms. The van der Waals surface area contributed by atoms with Crippen molar-refractivity contribution in [1.82, 2.24) is 0 Å². The molecule has 1 nitrogen and oxygen atoms in total. The molecule has 0 radical (unpaired) electrons. The Bertz CT molecular complexity index is 208. The Morgan fingerprint density at radius 1 is 1.31 bits per heavy atom. The van der Waals surface area contributed by atoms with Crippen molar-refractivity contribution in [2.45, 2.75) is 33.1 Å². The summed E-state index contributed by atoms with van der Waals surface area (Å²) in [7, 11) is 2.25. The fourth-order valence-electron chi connectivity index (χ4n) is 1.46. The molecule has 0 saturated heterocycles. The van der Waals surface area contributed by atoms with Gasteiger partial charge in [-0.15, -0.1) is 0 Å². The molecule has 2 heteroatoms. The Hall–Kier alpha value is -0.270. The minimum Gasteiger partial charge on any atom is -1.00 e. The Morgan fingerprint density at radius 3 is 2.46 bits per heavy atom. The van der Waals surface area contributed by atoms with Gasteiger partial charge in [0.25, 0.3) is 0 Å². The summed E-state index contributed by atoms with van der Waals surface area (Å²) in [4.78, 5) is 0. The molecule has 1 unspecified atom stereocenters. The van der Waals surface area contributed by atoms with Crippen molar-refractivity contribution >= 4 is 0 Å². The summed E-state index contributed by atoms with van der Waals surface area (Å²) in [5.41, 5.74) is 1.52. The Morgan fingerprint density at radius 2 is 2.00 bits per heavy atom. The molecule has 0 N–H and O–H groups in total. The Balaban J connectivity index is 0.00000144. The molecular formula is C11H20ClN. The van der Waals surface area contributed by atoms with Crippen molar-refractivity contribution in [3.8, 4) is 0 Å². The number of hydrogen-bond acceptors (Lipinski definition) is 0. The van der Waals surface area contributed by atoms with E-state index in [0.717, 1.165) is 11.0 Å². The maximum absolute atomic E-state index is 2.37. The van der Waals surface area contributed by atoms with E-state index >= 15 is 0 Å². The third-order valence-electron chi connectivity index (χ3n) is 2.59. The van der Waals surface area contributed by atoms with E-state index in [4.69, 9.17) is 0 Å². The maximum atomic E-state index is 2.37. The molecule has 0 saturated carbocycles. The molecule has 1 rings (SSSR count). The zero-order valence-corrected chi connectivity index (χ0v) is 9.64. The molecular weight excluding hydrogens is 182 g/mol. The lowest BCUT2D eigenvalue weighted by atomic mass is 10.1. The minimum atomic E-state index is 0. The van der Waals surface area contributed by atoms with Gasteiger partial charge in [-0.05, 0) is 19.8 Å². The number of unbranched alkanes of at least 4 members (excludes halogenated alkanes) is 1. The highest BCUT2D eigenvalue weighted by molar-refractivity contribution is 5.19. The molecule has 0 spiro atoms. The largest absolute Gasteiger partial charge is 1.00 e. The summed E-state index contributed by atoms with van der Waals surface area (Å²) in [5, 5.41) is 0. The van der Waals surface area contributed by atoms with E-state index in [9.17, 15) is 0 Å². The van der Waals surface area contributed by atoms with Gasteiger partial charge in [0.05, 0.1) is 13.6 Å². The van der Waals surface area contributed by atoms with Crippen molar-refractivity contribution < 1.29 is 16.9 Å². The van der Waals surface area contributed by atoms with Gasteiger partial charge in [-0.25, -0.2) is 0 Å². The van der Waals surface area contributed by atoms with Crippen molar-refractivity contribution in [2.24, 2.45) is 0 Å². The van der Waals surface area contributed by atoms with Gasteiger partial charge in [-0.2, -0.15) is 0 Å². The predicted octanol–water partition coefficient (Wildman–Crippen LogP) is 0.0583. The van der Waals surface area contributed by atoms with Crippen LogP contribution in [0.15, 0.2) is 24.0 Å². The molecule has 0 fully saturated rings. The third kappa shape index (κ3) is 3.53. The van der Waals surface area contributed by atoms with Gasteiger partial charge in [0.2, 0.25) is 0 Å². The van der Waals surface area contributed by atoms with Gasteiger partial charge in [0.15, 0.2) is 0 Å². The van der Waals surface area contributed by atoms with E-state index in [2.05, 4.69) is 39.4 Å². The van der Waals surface area contributed by atoms with Gasteiger partial charge in [0, 0.05) is 11.6 Å². The van der Waals surface area contributed by atoms with Gasteiger partial charge in [-0.1, -0.05) is 13.3 Å². The molecule has 0 bridgehead atoms. The maximum Gasteiger partial charge on any atom is 0.104 e. The zero-order chi connectivity index (χ0) is 9.03. The van der Waals surface area contributed by atoms with E-state index in [-0.39, 0.29) is 12.4 Å². The zero-order valence-electron chi connectivity index (χ0n) is 8.89. The first kappa shape index (κ1) is 12.7. The number of rotatable bonds is 4. The normalized spacial score (nSPS) is 25.6. The molecule has 1 heterocycles. The fraction of sp³-hybridized carbons (Fsp3) is 0.636. The topological polar surface area (TPSA) is 0 Å². The number of allylic oxidation sites excluding steroid dienone is 2. The second kappa shape index (κ2) is 5.46. The monoisotopic (exact) mass is 201 g/mol. The Labute approximate surface area is 88.1 Å². The van der Waals surface area contributed by atoms with Crippen molar-refractivity contribution in [3.63, 3.8) is 0 Å². The molecule has 0 amide bonds. The molecule has 1 atom stereocenters. The number of quaternary nitrogens is 1. The van der Waals surface area contributed by atoms with E-state index < -0.39 is 0 Å². The van der Waals surface area contributed by atoms with Crippen LogP contribution in [0.25, 0.3) is 0 Å². The van der Waals surface area contributed by atoms with Crippen LogP contribution in [0.3, 0.4) is 0 Å². The van der Waals surface area contributed by atoms with Crippen LogP contribution in [-0.4, -0.2) is 18.1 Å². The molecule has 0 aromatic heterocycles. The highest BCUT2D eigenvalue weighted by atomic mass is 35.5. The number of nitrogens with zero attached hydrogens (tertiary/aromatic N) is 1. The van der Waals surface area contributed by atoms with E-state index in [1.807, 2.05) is 0 Å². The quantitative estimate of drug-likeness (QED) is 0.565. The lowest BCUT2D eigenvalue weighted by Crippen LogP contribution is -3.00. The Kier molecular flexibility index (Phi) is 5.34. The first-order valence-corrected chi connectivity index (χ1v) is 4.96. The average molecular weight is 202 g/mol. The number of hydrogen-bond donors (Lipinski definition) is 0. The van der Waals surface area contributed by atoms with Crippen molar-refractivity contribution in [2.75, 3.05) is 13.6 Å². The van der Waals surface area contributed by atoms with Crippen LogP contribution in [0.5, 0.6) is 0 Å². The van der Waals surface area contributed by atoms with Crippen LogP contribution < -0.4 is 12.4 Å². The fourth-order valence-corrected chi connectivity index (χ4v) is 1.46. The van der Waals surface area contributed by atoms with Crippen LogP contribution in [0.1, 0.15) is 33.1 Å². The van der Waals surface area contributed by atoms with Crippen LogP contribution in [0.2, 0.25) is 0 Å². The molecule has 0 aromatic rings. The van der Waals surface area contributed by atoms with Crippen LogP contribution >= 0.6 is 0 Å². The SMILES string of the molecule is CCCCC1=C[N+](C)(CC)C=C1.[Cl-].